The molecule has 0 saturated heterocycles. The van der Waals surface area contributed by atoms with E-state index in [0.717, 1.165) is 11.3 Å². The minimum Gasteiger partial charge on any atom is -0.497 e. The van der Waals surface area contributed by atoms with E-state index in [1.54, 1.807) is 24.6 Å². The van der Waals surface area contributed by atoms with Crippen LogP contribution >= 0.6 is 23.1 Å². The van der Waals surface area contributed by atoms with Gasteiger partial charge in [-0.2, -0.15) is 0 Å². The van der Waals surface area contributed by atoms with Gasteiger partial charge in [-0.1, -0.05) is 48.2 Å². The third-order valence-corrected chi connectivity index (χ3v) is 6.17. The third kappa shape index (κ3) is 4.98. The molecule has 0 saturated carbocycles. The Bertz CT molecular complexity index is 1210. The summed E-state index contributed by atoms with van der Waals surface area (Å²) >= 11 is 2.52. The first kappa shape index (κ1) is 21.6. The molecule has 0 fully saturated rings. The molecule has 162 valence electrons. The van der Waals surface area contributed by atoms with Crippen LogP contribution in [-0.4, -0.2) is 39.4 Å². The van der Waals surface area contributed by atoms with E-state index in [9.17, 15) is 9.59 Å². The van der Waals surface area contributed by atoms with E-state index in [-0.39, 0.29) is 17.6 Å². The van der Waals surface area contributed by atoms with Gasteiger partial charge in [0.25, 0.3) is 5.91 Å². The van der Waals surface area contributed by atoms with Crippen LogP contribution in [0.1, 0.15) is 9.67 Å². The molecule has 2 aromatic heterocycles. The lowest BCUT2D eigenvalue weighted by atomic mass is 10.2. The molecule has 8 nitrogen and oxygen atoms in total. The Hall–Kier alpha value is -3.63. The number of nitrogens with zero attached hydrogens (tertiary/aromatic N) is 3. The lowest BCUT2D eigenvalue weighted by Gasteiger charge is -2.11. The topological polar surface area (TPSA) is 98.1 Å². The van der Waals surface area contributed by atoms with Gasteiger partial charge in [0.15, 0.2) is 11.0 Å². The summed E-state index contributed by atoms with van der Waals surface area (Å²) in [6, 6.07) is 20.7. The molecule has 0 aliphatic carbocycles. The summed E-state index contributed by atoms with van der Waals surface area (Å²) in [5.74, 6) is 0.675. The minimum atomic E-state index is -0.356. The fourth-order valence-electron chi connectivity index (χ4n) is 2.88. The van der Waals surface area contributed by atoms with Gasteiger partial charge >= 0.3 is 0 Å². The first-order chi connectivity index (χ1) is 15.7. The van der Waals surface area contributed by atoms with E-state index in [1.165, 1.54) is 23.1 Å². The Labute approximate surface area is 192 Å². The van der Waals surface area contributed by atoms with Gasteiger partial charge in [-0.15, -0.1) is 21.5 Å². The number of hydrogen-bond acceptors (Lipinski definition) is 7. The van der Waals surface area contributed by atoms with Gasteiger partial charge in [0.05, 0.1) is 17.7 Å². The van der Waals surface area contributed by atoms with Crippen molar-refractivity contribution in [3.8, 4) is 22.8 Å². The van der Waals surface area contributed by atoms with E-state index in [1.807, 2.05) is 59.2 Å². The molecule has 4 rings (SSSR count). The molecule has 2 amide bonds. The second kappa shape index (κ2) is 10.1. The Morgan fingerprint density at radius 3 is 2.62 bits per heavy atom. The molecular weight excluding hydrogens is 446 g/mol. The van der Waals surface area contributed by atoms with Crippen molar-refractivity contribution in [1.29, 1.82) is 0 Å². The van der Waals surface area contributed by atoms with Crippen molar-refractivity contribution in [2.24, 2.45) is 0 Å². The van der Waals surface area contributed by atoms with Crippen LogP contribution in [0.4, 0.5) is 0 Å². The fraction of sp³-hybridized carbons (Fsp3) is 0.0909. The van der Waals surface area contributed by atoms with Crippen molar-refractivity contribution in [3.05, 3.63) is 77.0 Å². The van der Waals surface area contributed by atoms with Gasteiger partial charge in [0.2, 0.25) is 5.91 Å². The monoisotopic (exact) mass is 465 g/mol. The van der Waals surface area contributed by atoms with Crippen LogP contribution in [0.25, 0.3) is 17.1 Å². The molecule has 0 radical (unpaired) electrons. The van der Waals surface area contributed by atoms with Crippen molar-refractivity contribution >= 4 is 34.9 Å². The summed E-state index contributed by atoms with van der Waals surface area (Å²) in [7, 11) is 1.61. The highest BCUT2D eigenvalue weighted by atomic mass is 32.2. The average molecular weight is 466 g/mol. The SMILES string of the molecule is COc1cccc(-c2nnc(SCC(=O)NNC(=O)c3cccs3)n2-c2ccccc2)c1. The molecular formula is C22H19N5O3S2. The third-order valence-electron chi connectivity index (χ3n) is 4.37. The number of rotatable bonds is 7. The van der Waals surface area contributed by atoms with Crippen LogP contribution in [0, 0.1) is 0 Å². The highest BCUT2D eigenvalue weighted by Crippen LogP contribution is 2.29. The number of benzene rings is 2. The van der Waals surface area contributed by atoms with Crippen LogP contribution in [-0.2, 0) is 4.79 Å². The first-order valence-corrected chi connectivity index (χ1v) is 11.4. The molecule has 2 heterocycles. The quantitative estimate of drug-likeness (QED) is 0.320. The van der Waals surface area contributed by atoms with E-state index < -0.39 is 0 Å². The summed E-state index contributed by atoms with van der Waals surface area (Å²) in [4.78, 5) is 24.8. The second-order valence-electron chi connectivity index (χ2n) is 6.48. The van der Waals surface area contributed by atoms with Gasteiger partial charge < -0.3 is 4.74 Å². The standard InChI is InChI=1S/C22H19N5O3S2/c1-30-17-10-5-7-15(13-17)20-24-26-22(27(20)16-8-3-2-4-9-16)32-14-19(28)23-25-21(29)18-11-6-12-31-18/h2-13H,14H2,1H3,(H,23,28)(H,25,29). The van der Waals surface area contributed by atoms with Crippen LogP contribution in [0.2, 0.25) is 0 Å². The van der Waals surface area contributed by atoms with Gasteiger partial charge in [-0.05, 0) is 35.7 Å². The molecule has 2 N–H and O–H groups in total. The summed E-state index contributed by atoms with van der Waals surface area (Å²) in [5.41, 5.74) is 6.54. The number of amides is 2. The maximum atomic E-state index is 12.3. The molecule has 0 aliphatic rings. The molecule has 32 heavy (non-hydrogen) atoms. The smallest absolute Gasteiger partial charge is 0.279 e. The van der Waals surface area contributed by atoms with E-state index >= 15 is 0 Å². The Balaban J connectivity index is 1.51. The molecule has 0 spiro atoms. The zero-order valence-electron chi connectivity index (χ0n) is 17.0. The normalized spacial score (nSPS) is 10.5. The number of carbonyl (C=O) groups excluding carboxylic acids is 2. The molecule has 0 unspecified atom stereocenters. The van der Waals surface area contributed by atoms with Gasteiger partial charge in [-0.3, -0.25) is 25.0 Å². The zero-order chi connectivity index (χ0) is 22.3. The van der Waals surface area contributed by atoms with Gasteiger partial charge in [-0.25, -0.2) is 0 Å². The van der Waals surface area contributed by atoms with Crippen molar-refractivity contribution in [2.75, 3.05) is 12.9 Å². The number of hydrogen-bond donors (Lipinski definition) is 2. The fourth-order valence-corrected chi connectivity index (χ4v) is 4.26. The van der Waals surface area contributed by atoms with Crippen molar-refractivity contribution < 1.29 is 14.3 Å². The Kier molecular flexibility index (Phi) is 6.83. The van der Waals surface area contributed by atoms with Crippen molar-refractivity contribution in [1.82, 2.24) is 25.6 Å². The minimum absolute atomic E-state index is 0.0494. The number of hydrazine groups is 1. The molecule has 10 heteroatoms. The number of nitrogens with one attached hydrogen (secondary N) is 2. The zero-order valence-corrected chi connectivity index (χ0v) is 18.7. The van der Waals surface area contributed by atoms with Crippen LogP contribution in [0.5, 0.6) is 5.75 Å². The molecule has 0 bridgehead atoms. The molecule has 0 aliphatic heterocycles. The first-order valence-electron chi connectivity index (χ1n) is 9.56. The highest BCUT2D eigenvalue weighted by molar-refractivity contribution is 7.99. The Morgan fingerprint density at radius 1 is 1.03 bits per heavy atom. The predicted molar refractivity (Wildman–Crippen MR) is 124 cm³/mol. The average Bonchev–Trinajstić information content (AvgIpc) is 3.52. The molecule has 2 aromatic carbocycles. The lowest BCUT2D eigenvalue weighted by Crippen LogP contribution is -2.42. The number of ether oxygens (including phenoxy) is 1. The molecule has 4 aromatic rings. The second-order valence-corrected chi connectivity index (χ2v) is 8.37. The molecule has 0 atom stereocenters. The van der Waals surface area contributed by atoms with Gasteiger partial charge in [0.1, 0.15) is 5.75 Å². The van der Waals surface area contributed by atoms with Crippen LogP contribution in [0.15, 0.2) is 77.3 Å². The van der Waals surface area contributed by atoms with E-state index in [4.69, 9.17) is 4.74 Å². The number of aromatic nitrogens is 3. The summed E-state index contributed by atoms with van der Waals surface area (Å²) in [6.07, 6.45) is 0. The maximum Gasteiger partial charge on any atom is 0.279 e. The summed E-state index contributed by atoms with van der Waals surface area (Å²) in [5, 5.41) is 11.0. The van der Waals surface area contributed by atoms with E-state index in [2.05, 4.69) is 21.0 Å². The number of thiophene rings is 1. The summed E-state index contributed by atoms with van der Waals surface area (Å²) in [6.45, 7) is 0. The van der Waals surface area contributed by atoms with Gasteiger partial charge in [0, 0.05) is 11.3 Å². The van der Waals surface area contributed by atoms with Crippen molar-refractivity contribution in [3.63, 3.8) is 0 Å². The number of carbonyl (C=O) groups is 2. The Morgan fingerprint density at radius 2 is 1.88 bits per heavy atom. The summed E-state index contributed by atoms with van der Waals surface area (Å²) < 4.78 is 7.22. The number of para-hydroxylation sites is 1. The highest BCUT2D eigenvalue weighted by Gasteiger charge is 2.18. The largest absolute Gasteiger partial charge is 0.497 e. The lowest BCUT2D eigenvalue weighted by molar-refractivity contribution is -0.119. The van der Waals surface area contributed by atoms with Crippen molar-refractivity contribution in [2.45, 2.75) is 5.16 Å². The number of methoxy groups -OCH3 is 1. The van der Waals surface area contributed by atoms with Crippen LogP contribution in [0.3, 0.4) is 0 Å². The number of thioether (sulfide) groups is 1. The maximum absolute atomic E-state index is 12.3. The van der Waals surface area contributed by atoms with E-state index in [0.29, 0.717) is 21.6 Å². The van der Waals surface area contributed by atoms with Crippen LogP contribution < -0.4 is 15.6 Å². The predicted octanol–water partition coefficient (Wildman–Crippen LogP) is 3.56.